The molecule has 1 rings (SSSR count). The van der Waals surface area contributed by atoms with Crippen LogP contribution in [-0.4, -0.2) is 24.3 Å². The number of ether oxygens (including phenoxy) is 1. The molecule has 0 saturated heterocycles. The standard InChI is InChI=1S/C21H29N3.C7H9NO.C2H6/c1-8-12-18(6)13-14-20(10-3)23-16-22-19(7)24-21(11-4)15-17(5)9-2;1-6-3-4-7(9-2)5-8-6;1-2/h8-16H,2-3H2,1,4-7H3,(H,22,23,24);3-5H,1-2H3;1-2H3/b12-8+,17-15-,18-13+,20-14+,21-11+;;. The lowest BCUT2D eigenvalue weighted by Crippen LogP contribution is -2.18. The van der Waals surface area contributed by atoms with Gasteiger partial charge < -0.3 is 10.1 Å². The number of nitrogens with zero attached hydrogens (tertiary/aromatic N) is 3. The van der Waals surface area contributed by atoms with Gasteiger partial charge in [0.2, 0.25) is 0 Å². The largest absolute Gasteiger partial charge is 0.495 e. The quantitative estimate of drug-likeness (QED) is 0.223. The van der Waals surface area contributed by atoms with Gasteiger partial charge in [0.1, 0.15) is 17.9 Å². The molecule has 0 atom stereocenters. The summed E-state index contributed by atoms with van der Waals surface area (Å²) in [4.78, 5) is 12.6. The van der Waals surface area contributed by atoms with E-state index in [1.165, 1.54) is 6.34 Å². The SMILES string of the molecule is C=C/C(C)=C\C(=C/C)NC(C)=NC=N/C(C=C)=C/C=C(C)/C=C/C.CC.COc1ccc(C)nc1. The Hall–Kier alpha value is -3.73. The zero-order chi connectivity index (χ0) is 27.1. The van der Waals surface area contributed by atoms with Crippen molar-refractivity contribution >= 4 is 12.2 Å². The molecule has 0 bridgehead atoms. The highest BCUT2D eigenvalue weighted by Crippen LogP contribution is 2.06. The Morgan fingerprint density at radius 2 is 1.71 bits per heavy atom. The van der Waals surface area contributed by atoms with E-state index >= 15 is 0 Å². The number of aromatic nitrogens is 1. The Morgan fingerprint density at radius 3 is 2.20 bits per heavy atom. The van der Waals surface area contributed by atoms with Gasteiger partial charge in [0.25, 0.3) is 0 Å². The van der Waals surface area contributed by atoms with Crippen LogP contribution >= 0.6 is 0 Å². The smallest absolute Gasteiger partial charge is 0.137 e. The van der Waals surface area contributed by atoms with Gasteiger partial charge >= 0.3 is 0 Å². The number of methoxy groups -OCH3 is 1. The summed E-state index contributed by atoms with van der Waals surface area (Å²) in [6.45, 7) is 23.3. The Labute approximate surface area is 213 Å². The molecule has 5 nitrogen and oxygen atoms in total. The Balaban J connectivity index is 0. The van der Waals surface area contributed by atoms with Crippen LogP contribution in [-0.2, 0) is 0 Å². The lowest BCUT2D eigenvalue weighted by Gasteiger charge is -2.06. The number of aliphatic imine (C=N–C) groups is 2. The van der Waals surface area contributed by atoms with E-state index < -0.39 is 0 Å². The number of hydrogen-bond acceptors (Lipinski definition) is 3. The Kier molecular flexibility index (Phi) is 21.1. The summed E-state index contributed by atoms with van der Waals surface area (Å²) in [5, 5.41) is 3.22. The van der Waals surface area contributed by atoms with Crippen LogP contribution in [0.2, 0.25) is 0 Å². The molecule has 0 radical (unpaired) electrons. The van der Waals surface area contributed by atoms with Gasteiger partial charge in [-0.25, -0.2) is 9.98 Å². The first-order valence-electron chi connectivity index (χ1n) is 11.7. The average molecular weight is 477 g/mol. The zero-order valence-electron chi connectivity index (χ0n) is 23.1. The van der Waals surface area contributed by atoms with Crippen molar-refractivity contribution in [1.82, 2.24) is 10.3 Å². The van der Waals surface area contributed by atoms with Gasteiger partial charge in [-0.05, 0) is 77.5 Å². The topological polar surface area (TPSA) is 58.9 Å². The van der Waals surface area contributed by atoms with Crippen molar-refractivity contribution in [3.8, 4) is 5.75 Å². The fourth-order valence-electron chi connectivity index (χ4n) is 2.19. The van der Waals surface area contributed by atoms with Gasteiger partial charge in [0, 0.05) is 11.4 Å². The second-order valence-electron chi connectivity index (χ2n) is 6.97. The van der Waals surface area contributed by atoms with E-state index in [2.05, 4.69) is 33.4 Å². The minimum Gasteiger partial charge on any atom is -0.495 e. The molecule has 1 N–H and O–H groups in total. The highest BCUT2D eigenvalue weighted by atomic mass is 16.5. The molecule has 1 aromatic rings. The maximum Gasteiger partial charge on any atom is 0.137 e. The first-order valence-corrected chi connectivity index (χ1v) is 11.7. The van der Waals surface area contributed by atoms with Gasteiger partial charge in [-0.3, -0.25) is 4.98 Å². The number of aryl methyl sites for hydroxylation is 1. The van der Waals surface area contributed by atoms with Crippen LogP contribution in [0.25, 0.3) is 0 Å². The van der Waals surface area contributed by atoms with E-state index in [4.69, 9.17) is 4.74 Å². The van der Waals surface area contributed by atoms with E-state index in [9.17, 15) is 0 Å². The number of allylic oxidation sites excluding steroid dienone is 10. The minimum atomic E-state index is 0.754. The molecule has 0 aromatic carbocycles. The average Bonchev–Trinajstić information content (AvgIpc) is 2.87. The third-order valence-corrected chi connectivity index (χ3v) is 4.08. The zero-order valence-corrected chi connectivity index (χ0v) is 23.1. The van der Waals surface area contributed by atoms with Crippen LogP contribution in [0, 0.1) is 6.92 Å². The first kappa shape index (κ1) is 33.4. The Morgan fingerprint density at radius 1 is 1.03 bits per heavy atom. The summed E-state index contributed by atoms with van der Waals surface area (Å²) in [7, 11) is 1.63. The van der Waals surface area contributed by atoms with Crippen molar-refractivity contribution in [2.75, 3.05) is 7.11 Å². The maximum atomic E-state index is 4.91. The minimum absolute atomic E-state index is 0.754. The lowest BCUT2D eigenvalue weighted by molar-refractivity contribution is 0.412. The van der Waals surface area contributed by atoms with E-state index in [0.29, 0.717) is 0 Å². The third-order valence-electron chi connectivity index (χ3n) is 4.08. The molecule has 5 heteroatoms. The van der Waals surface area contributed by atoms with E-state index in [1.54, 1.807) is 19.4 Å². The monoisotopic (exact) mass is 476 g/mol. The van der Waals surface area contributed by atoms with E-state index in [1.807, 2.05) is 110 Å². The molecule has 0 fully saturated rings. The number of rotatable bonds is 9. The molecule has 1 aromatic heterocycles. The van der Waals surface area contributed by atoms with Gasteiger partial charge in [-0.15, -0.1) is 0 Å². The highest BCUT2D eigenvalue weighted by molar-refractivity contribution is 5.88. The normalized spacial score (nSPS) is 13.0. The van der Waals surface area contributed by atoms with Gasteiger partial charge in [0.05, 0.1) is 19.0 Å². The number of nitrogens with one attached hydrogen (secondary N) is 1. The second-order valence-corrected chi connectivity index (χ2v) is 6.97. The van der Waals surface area contributed by atoms with Crippen molar-refractivity contribution in [2.24, 2.45) is 9.98 Å². The van der Waals surface area contributed by atoms with Crippen LogP contribution in [0.4, 0.5) is 0 Å². The number of amidine groups is 1. The lowest BCUT2D eigenvalue weighted by atomic mass is 10.2. The van der Waals surface area contributed by atoms with Gasteiger partial charge in [0.15, 0.2) is 0 Å². The molecular weight excluding hydrogens is 432 g/mol. The van der Waals surface area contributed by atoms with Crippen molar-refractivity contribution in [3.63, 3.8) is 0 Å². The number of pyridine rings is 1. The molecule has 190 valence electrons. The van der Waals surface area contributed by atoms with Crippen LogP contribution in [0.15, 0.2) is 113 Å². The molecule has 0 spiro atoms. The second kappa shape index (κ2) is 22.1. The molecule has 0 aliphatic heterocycles. The predicted molar refractivity (Wildman–Crippen MR) is 156 cm³/mol. The van der Waals surface area contributed by atoms with Crippen molar-refractivity contribution in [3.05, 3.63) is 108 Å². The molecule has 0 amide bonds. The molecule has 0 aliphatic rings. The van der Waals surface area contributed by atoms with Crippen molar-refractivity contribution in [1.29, 1.82) is 0 Å². The van der Waals surface area contributed by atoms with Gasteiger partial charge in [-0.1, -0.05) is 63.0 Å². The summed E-state index contributed by atoms with van der Waals surface area (Å²) in [5.74, 6) is 1.56. The molecule has 0 saturated carbocycles. The van der Waals surface area contributed by atoms with Gasteiger partial charge in [-0.2, -0.15) is 0 Å². The summed E-state index contributed by atoms with van der Waals surface area (Å²) in [6, 6.07) is 3.81. The molecular formula is C30H44N4O. The van der Waals surface area contributed by atoms with Crippen molar-refractivity contribution < 1.29 is 4.74 Å². The predicted octanol–water partition coefficient (Wildman–Crippen LogP) is 8.08. The van der Waals surface area contributed by atoms with Crippen LogP contribution in [0.1, 0.15) is 54.2 Å². The summed E-state index contributed by atoms with van der Waals surface area (Å²) in [5.41, 5.74) is 4.96. The summed E-state index contributed by atoms with van der Waals surface area (Å²) >= 11 is 0. The molecule has 0 unspecified atom stereocenters. The van der Waals surface area contributed by atoms with Crippen LogP contribution in [0.3, 0.4) is 0 Å². The fraction of sp³-hybridized carbons (Fsp3) is 0.300. The summed E-state index contributed by atoms with van der Waals surface area (Å²) in [6.07, 6.45) is 18.6. The summed E-state index contributed by atoms with van der Waals surface area (Å²) < 4.78 is 4.91. The molecule has 35 heavy (non-hydrogen) atoms. The Bertz CT molecular complexity index is 957. The number of hydrogen-bond donors (Lipinski definition) is 1. The van der Waals surface area contributed by atoms with E-state index in [-0.39, 0.29) is 0 Å². The van der Waals surface area contributed by atoms with E-state index in [0.717, 1.165) is 39.8 Å². The fourth-order valence-corrected chi connectivity index (χ4v) is 2.19. The van der Waals surface area contributed by atoms with Crippen LogP contribution < -0.4 is 10.1 Å². The third kappa shape index (κ3) is 18.4. The van der Waals surface area contributed by atoms with Crippen LogP contribution in [0.5, 0.6) is 5.75 Å². The molecule has 1 heterocycles. The maximum absolute atomic E-state index is 4.91. The highest BCUT2D eigenvalue weighted by Gasteiger charge is 1.94. The molecule has 0 aliphatic carbocycles. The first-order chi connectivity index (χ1) is 16.8. The van der Waals surface area contributed by atoms with Crippen molar-refractivity contribution in [2.45, 2.75) is 55.4 Å².